The molecule has 1 aliphatic carbocycles. The van der Waals surface area contributed by atoms with Crippen LogP contribution in [0.3, 0.4) is 0 Å². The minimum Gasteiger partial charge on any atom is -0.383 e. The number of nitrogens with two attached hydrogens (primary N) is 1. The molecule has 4 rings (SSSR count). The maximum absolute atomic E-state index is 13.6. The summed E-state index contributed by atoms with van der Waals surface area (Å²) < 4.78 is 65.5. The largest absolute Gasteiger partial charge is 0.453 e. The van der Waals surface area contributed by atoms with E-state index in [1.807, 2.05) is 6.92 Å². The summed E-state index contributed by atoms with van der Waals surface area (Å²) in [4.78, 5) is 26.0. The topological polar surface area (TPSA) is 121 Å². The number of alkyl halides is 5. The van der Waals surface area contributed by atoms with E-state index >= 15 is 0 Å². The molecule has 1 aromatic heterocycles. The van der Waals surface area contributed by atoms with E-state index < -0.39 is 30.6 Å². The molecule has 1 saturated carbocycles. The van der Waals surface area contributed by atoms with Gasteiger partial charge in [0.1, 0.15) is 22.9 Å². The predicted molar refractivity (Wildman–Crippen MR) is 128 cm³/mol. The number of nitrogens with one attached hydrogen (secondary N) is 2. The summed E-state index contributed by atoms with van der Waals surface area (Å²) in [6.07, 6.45) is -2.81. The van der Waals surface area contributed by atoms with Gasteiger partial charge in [-0.05, 0) is 45.6 Å². The highest BCUT2D eigenvalue weighted by atomic mass is 19.4. The second-order valence-electron chi connectivity index (χ2n) is 9.49. The number of amides is 1. The Morgan fingerprint density at radius 2 is 1.97 bits per heavy atom. The lowest BCUT2D eigenvalue weighted by molar-refractivity contribution is -0.284. The third kappa shape index (κ3) is 5.03. The van der Waals surface area contributed by atoms with Crippen molar-refractivity contribution in [2.45, 2.75) is 64.1 Å². The van der Waals surface area contributed by atoms with Crippen molar-refractivity contribution in [3.05, 3.63) is 23.0 Å². The molecule has 0 spiro atoms. The number of hydrogen-bond donors (Lipinski definition) is 3. The molecule has 1 atom stereocenters. The van der Waals surface area contributed by atoms with Gasteiger partial charge in [-0.15, -0.1) is 0 Å². The molecule has 2 aliphatic heterocycles. The van der Waals surface area contributed by atoms with Gasteiger partial charge in [-0.2, -0.15) is 27.1 Å². The number of carbonyl (C=O) groups excluding carboxylic acids is 1. The van der Waals surface area contributed by atoms with Crippen molar-refractivity contribution in [1.82, 2.24) is 20.3 Å². The third-order valence-corrected chi connectivity index (χ3v) is 6.56. The number of nitrogen functional groups attached to an aromatic ring is 1. The lowest BCUT2D eigenvalue weighted by Gasteiger charge is -2.24. The Morgan fingerprint density at radius 1 is 1.27 bits per heavy atom. The Bertz CT molecular complexity index is 1170. The summed E-state index contributed by atoms with van der Waals surface area (Å²) in [6.45, 7) is 5.39. The molecular formula is C23H29F5N8O. The van der Waals surface area contributed by atoms with Gasteiger partial charge in [-0.1, -0.05) is 13.0 Å². The maximum atomic E-state index is 13.6. The van der Waals surface area contributed by atoms with E-state index in [4.69, 9.17) is 5.73 Å². The SMILES string of the molecule is C/C=C1/C(c2nc(N)c3c(n2)NC(=O)C3(C)NCC2CC2)=NN(CCC(F)(F)C(F)(F)F)C1=NCCC. The van der Waals surface area contributed by atoms with Gasteiger partial charge in [0.15, 0.2) is 11.7 Å². The number of anilines is 2. The van der Waals surface area contributed by atoms with Gasteiger partial charge >= 0.3 is 12.1 Å². The molecule has 1 aromatic rings. The predicted octanol–water partition coefficient (Wildman–Crippen LogP) is 3.59. The van der Waals surface area contributed by atoms with E-state index in [1.165, 1.54) is 0 Å². The summed E-state index contributed by atoms with van der Waals surface area (Å²) in [5.74, 6) is -4.40. The second-order valence-corrected chi connectivity index (χ2v) is 9.49. The van der Waals surface area contributed by atoms with Crippen molar-refractivity contribution in [2.24, 2.45) is 16.0 Å². The van der Waals surface area contributed by atoms with Crippen LogP contribution in [0.5, 0.6) is 0 Å². The fourth-order valence-electron chi connectivity index (χ4n) is 4.18. The number of carbonyl (C=O) groups is 1. The number of fused-ring (bicyclic) bond motifs is 1. The van der Waals surface area contributed by atoms with E-state index in [1.54, 1.807) is 19.9 Å². The third-order valence-electron chi connectivity index (χ3n) is 6.56. The van der Waals surface area contributed by atoms with Crippen LogP contribution < -0.4 is 16.4 Å². The van der Waals surface area contributed by atoms with Gasteiger partial charge < -0.3 is 11.1 Å². The average Bonchev–Trinajstić information content (AvgIpc) is 3.53. The van der Waals surface area contributed by atoms with Crippen LogP contribution in [0.25, 0.3) is 0 Å². The summed E-state index contributed by atoms with van der Waals surface area (Å²) >= 11 is 0. The molecule has 9 nitrogen and oxygen atoms in total. The van der Waals surface area contributed by atoms with E-state index in [-0.39, 0.29) is 34.9 Å². The van der Waals surface area contributed by atoms with E-state index in [0.29, 0.717) is 36.6 Å². The summed E-state index contributed by atoms with van der Waals surface area (Å²) in [6, 6.07) is 0. The molecule has 202 valence electrons. The van der Waals surface area contributed by atoms with Gasteiger partial charge in [-0.25, -0.2) is 15.0 Å². The van der Waals surface area contributed by atoms with Gasteiger partial charge in [0.05, 0.1) is 5.56 Å². The number of hydrazone groups is 1. The number of halogens is 5. The first-order valence-corrected chi connectivity index (χ1v) is 12.1. The van der Waals surface area contributed by atoms with Crippen LogP contribution in [0.2, 0.25) is 0 Å². The van der Waals surface area contributed by atoms with Crippen molar-refractivity contribution in [2.75, 3.05) is 30.7 Å². The first kappa shape index (κ1) is 26.9. The van der Waals surface area contributed by atoms with Gasteiger partial charge in [-0.3, -0.25) is 15.1 Å². The highest BCUT2D eigenvalue weighted by molar-refractivity contribution is 6.31. The molecule has 0 radical (unpaired) electrons. The molecule has 0 saturated heterocycles. The molecule has 37 heavy (non-hydrogen) atoms. The van der Waals surface area contributed by atoms with Gasteiger partial charge in [0.25, 0.3) is 0 Å². The molecular weight excluding hydrogens is 499 g/mol. The first-order chi connectivity index (χ1) is 17.3. The quantitative estimate of drug-likeness (QED) is 0.422. The molecule has 14 heteroatoms. The number of aliphatic imine (C=N–C) groups is 1. The van der Waals surface area contributed by atoms with Gasteiger partial charge in [0, 0.05) is 25.1 Å². The van der Waals surface area contributed by atoms with Crippen LogP contribution in [0, 0.1) is 5.92 Å². The summed E-state index contributed by atoms with van der Waals surface area (Å²) in [5.41, 5.74) is 6.00. The van der Waals surface area contributed by atoms with Gasteiger partial charge in [0.2, 0.25) is 5.91 Å². The lowest BCUT2D eigenvalue weighted by Crippen LogP contribution is -2.46. The zero-order valence-corrected chi connectivity index (χ0v) is 20.7. The fraction of sp³-hybridized carbons (Fsp3) is 0.609. The monoisotopic (exact) mass is 528 g/mol. The molecule has 0 aromatic carbocycles. The van der Waals surface area contributed by atoms with Crippen molar-refractivity contribution in [3.63, 3.8) is 0 Å². The molecule has 1 fully saturated rings. The van der Waals surface area contributed by atoms with Crippen LogP contribution in [0.4, 0.5) is 33.6 Å². The number of rotatable bonds is 9. The highest BCUT2D eigenvalue weighted by Gasteiger charge is 2.57. The Balaban J connectivity index is 1.68. The van der Waals surface area contributed by atoms with Crippen molar-refractivity contribution >= 4 is 29.1 Å². The van der Waals surface area contributed by atoms with E-state index in [0.717, 1.165) is 17.9 Å². The second kappa shape index (κ2) is 9.62. The molecule has 1 amide bonds. The molecule has 3 aliphatic rings. The van der Waals surface area contributed by atoms with E-state index in [9.17, 15) is 26.7 Å². The first-order valence-electron chi connectivity index (χ1n) is 12.1. The van der Waals surface area contributed by atoms with Crippen LogP contribution in [0.1, 0.15) is 57.8 Å². The summed E-state index contributed by atoms with van der Waals surface area (Å²) in [7, 11) is 0. The van der Waals surface area contributed by atoms with E-state index in [2.05, 4.69) is 30.7 Å². The number of allylic oxidation sites excluding steroid dienone is 1. The number of hydrogen-bond acceptors (Lipinski definition) is 7. The molecule has 4 N–H and O–H groups in total. The highest BCUT2D eigenvalue weighted by Crippen LogP contribution is 2.40. The zero-order chi connectivity index (χ0) is 27.2. The minimum absolute atomic E-state index is 0.00891. The average molecular weight is 529 g/mol. The standard InChI is InChI=1S/C23H29F5N8O/c1-4-9-30-19-13(5-2)15(35-36(19)10-8-22(24,25)23(26,27)28)18-32-16(29)14-17(33-18)34-20(37)21(14,3)31-11-12-6-7-12/h5,12,31H,4,6-11H2,1-3H3,(H3,29,32,33,34,37)/b13-5-,30-19?. The van der Waals surface area contributed by atoms with Crippen LogP contribution in [-0.4, -0.2) is 64.2 Å². The Hall–Kier alpha value is -3.16. The Kier molecular flexibility index (Phi) is 6.99. The fourth-order valence-corrected chi connectivity index (χ4v) is 4.18. The van der Waals surface area contributed by atoms with Crippen molar-refractivity contribution in [3.8, 4) is 0 Å². The van der Waals surface area contributed by atoms with Crippen LogP contribution in [-0.2, 0) is 10.3 Å². The number of nitrogens with zero attached hydrogens (tertiary/aromatic N) is 5. The number of amidine groups is 1. The van der Waals surface area contributed by atoms with Crippen LogP contribution >= 0.6 is 0 Å². The lowest BCUT2D eigenvalue weighted by atomic mass is 9.94. The van der Waals surface area contributed by atoms with Crippen LogP contribution in [0.15, 0.2) is 21.7 Å². The molecule has 1 unspecified atom stereocenters. The minimum atomic E-state index is -5.68. The molecule has 0 bridgehead atoms. The molecule has 3 heterocycles. The van der Waals surface area contributed by atoms with Crippen molar-refractivity contribution < 1.29 is 26.7 Å². The maximum Gasteiger partial charge on any atom is 0.453 e. The Morgan fingerprint density at radius 3 is 2.57 bits per heavy atom. The smallest absolute Gasteiger partial charge is 0.383 e. The zero-order valence-electron chi connectivity index (χ0n) is 20.7. The Labute approximate surface area is 210 Å². The number of aromatic nitrogens is 2. The van der Waals surface area contributed by atoms with Crippen molar-refractivity contribution in [1.29, 1.82) is 0 Å². The normalized spacial score (nSPS) is 24.2. The summed E-state index contributed by atoms with van der Waals surface area (Å²) in [5, 5.41) is 11.2.